The van der Waals surface area contributed by atoms with Gasteiger partial charge in [0, 0.05) is 6.04 Å². The van der Waals surface area contributed by atoms with Gasteiger partial charge in [-0.3, -0.25) is 14.9 Å². The minimum absolute atomic E-state index is 0.0524. The van der Waals surface area contributed by atoms with Gasteiger partial charge in [-0.25, -0.2) is 9.59 Å². The van der Waals surface area contributed by atoms with E-state index in [2.05, 4.69) is 15.4 Å². The molecular weight excluding hydrogens is 258 g/mol. The third-order valence-corrected chi connectivity index (χ3v) is 1.57. The predicted octanol–water partition coefficient (Wildman–Crippen LogP) is -1.56. The second-order valence-corrected chi connectivity index (χ2v) is 3.84. The number of carbonyl (C=O) groups excluding carboxylic acids is 3. The molecule has 0 spiro atoms. The molecule has 0 heterocycles. The molecule has 0 aromatic heterocycles. The Labute approximate surface area is 109 Å². The number of nitrogens with one attached hydrogen (secondary N) is 3. The molecule has 19 heavy (non-hydrogen) atoms. The zero-order chi connectivity index (χ0) is 14.8. The molecule has 0 bridgehead atoms. The van der Waals surface area contributed by atoms with Gasteiger partial charge >= 0.3 is 12.0 Å². The fourth-order valence-corrected chi connectivity index (χ4v) is 0.972. The standard InChI is InChI=1S/C10H17N3O6/c1-6(2)12-7(14)3-11-10(18)13-8(15)4-19-5-9(16)17/h6H,3-5H2,1-2H3,(H,12,14)(H,16,17)(H2,11,13,15,18). The number of carboxylic acids is 1. The van der Waals surface area contributed by atoms with E-state index in [1.54, 1.807) is 13.8 Å². The van der Waals surface area contributed by atoms with E-state index in [1.165, 1.54) is 0 Å². The van der Waals surface area contributed by atoms with Crippen molar-refractivity contribution < 1.29 is 29.0 Å². The highest BCUT2D eigenvalue weighted by molar-refractivity contribution is 5.96. The first-order chi connectivity index (χ1) is 8.81. The average Bonchev–Trinajstić information content (AvgIpc) is 2.24. The number of carbonyl (C=O) groups is 4. The summed E-state index contributed by atoms with van der Waals surface area (Å²) in [6.45, 7) is 2.07. The van der Waals surface area contributed by atoms with Crippen molar-refractivity contribution in [2.75, 3.05) is 19.8 Å². The molecule has 0 saturated carbocycles. The van der Waals surface area contributed by atoms with Gasteiger partial charge in [-0.15, -0.1) is 0 Å². The summed E-state index contributed by atoms with van der Waals surface area (Å²) in [5.41, 5.74) is 0. The number of rotatable bonds is 7. The van der Waals surface area contributed by atoms with Crippen LogP contribution in [0.4, 0.5) is 4.79 Å². The van der Waals surface area contributed by atoms with Gasteiger partial charge < -0.3 is 20.5 Å². The molecule has 4 amide bonds. The highest BCUT2D eigenvalue weighted by atomic mass is 16.5. The first-order valence-electron chi connectivity index (χ1n) is 5.48. The molecule has 108 valence electrons. The maximum Gasteiger partial charge on any atom is 0.329 e. The van der Waals surface area contributed by atoms with Gasteiger partial charge in [-0.05, 0) is 13.8 Å². The summed E-state index contributed by atoms with van der Waals surface area (Å²) >= 11 is 0. The van der Waals surface area contributed by atoms with Gasteiger partial charge in [0.2, 0.25) is 5.91 Å². The highest BCUT2D eigenvalue weighted by Gasteiger charge is 2.10. The van der Waals surface area contributed by atoms with E-state index in [-0.39, 0.29) is 18.5 Å². The number of hydrogen-bond donors (Lipinski definition) is 4. The Morgan fingerprint density at radius 1 is 1.11 bits per heavy atom. The summed E-state index contributed by atoms with van der Waals surface area (Å²) in [5, 5.41) is 14.8. The van der Waals surface area contributed by atoms with Crippen molar-refractivity contribution in [1.82, 2.24) is 16.0 Å². The molecule has 4 N–H and O–H groups in total. The van der Waals surface area contributed by atoms with Crippen LogP contribution in [-0.4, -0.2) is 54.7 Å². The Balaban J connectivity index is 3.76. The van der Waals surface area contributed by atoms with Gasteiger partial charge in [-0.2, -0.15) is 0 Å². The van der Waals surface area contributed by atoms with Gasteiger partial charge in [-0.1, -0.05) is 0 Å². The monoisotopic (exact) mass is 275 g/mol. The minimum atomic E-state index is -1.22. The van der Waals surface area contributed by atoms with Crippen LogP contribution in [0.15, 0.2) is 0 Å². The molecule has 0 aliphatic carbocycles. The lowest BCUT2D eigenvalue weighted by atomic mass is 10.4. The number of carboxylic acid groups (broad SMARTS) is 1. The number of aliphatic carboxylic acids is 1. The van der Waals surface area contributed by atoms with Crippen LogP contribution in [0.25, 0.3) is 0 Å². The van der Waals surface area contributed by atoms with Crippen molar-refractivity contribution in [2.45, 2.75) is 19.9 Å². The zero-order valence-corrected chi connectivity index (χ0v) is 10.7. The lowest BCUT2D eigenvalue weighted by molar-refractivity contribution is -0.143. The molecule has 0 aromatic carbocycles. The number of hydrogen-bond acceptors (Lipinski definition) is 5. The Morgan fingerprint density at radius 3 is 2.26 bits per heavy atom. The fourth-order valence-electron chi connectivity index (χ4n) is 0.972. The number of imide groups is 1. The smallest absolute Gasteiger partial charge is 0.329 e. The Morgan fingerprint density at radius 2 is 1.74 bits per heavy atom. The van der Waals surface area contributed by atoms with Crippen molar-refractivity contribution in [3.63, 3.8) is 0 Å². The Kier molecular flexibility index (Phi) is 7.85. The van der Waals surface area contributed by atoms with Gasteiger partial charge in [0.05, 0.1) is 6.54 Å². The van der Waals surface area contributed by atoms with Crippen molar-refractivity contribution in [3.05, 3.63) is 0 Å². The van der Waals surface area contributed by atoms with Crippen LogP contribution in [-0.2, 0) is 19.1 Å². The molecule has 0 radical (unpaired) electrons. The van der Waals surface area contributed by atoms with E-state index in [4.69, 9.17) is 5.11 Å². The van der Waals surface area contributed by atoms with Crippen LogP contribution in [0, 0.1) is 0 Å². The van der Waals surface area contributed by atoms with E-state index in [9.17, 15) is 19.2 Å². The number of urea groups is 1. The third-order valence-electron chi connectivity index (χ3n) is 1.57. The van der Waals surface area contributed by atoms with Gasteiger partial charge in [0.1, 0.15) is 13.2 Å². The summed E-state index contributed by atoms with van der Waals surface area (Å²) in [6, 6.07) is -0.911. The third kappa shape index (κ3) is 10.7. The Bertz CT molecular complexity index is 355. The van der Waals surface area contributed by atoms with Crippen molar-refractivity contribution in [1.29, 1.82) is 0 Å². The quantitative estimate of drug-likeness (QED) is 0.444. The molecule has 0 rings (SSSR count). The minimum Gasteiger partial charge on any atom is -0.480 e. The molecule has 0 unspecified atom stereocenters. The maximum atomic E-state index is 11.2. The summed E-state index contributed by atoms with van der Waals surface area (Å²) in [5.74, 6) is -2.41. The van der Waals surface area contributed by atoms with E-state index in [1.807, 2.05) is 5.32 Å². The zero-order valence-electron chi connectivity index (χ0n) is 10.7. The second kappa shape index (κ2) is 8.86. The largest absolute Gasteiger partial charge is 0.480 e. The molecule has 0 aliphatic heterocycles. The predicted molar refractivity (Wildman–Crippen MR) is 63.3 cm³/mol. The Hall–Kier alpha value is -2.16. The first-order valence-corrected chi connectivity index (χ1v) is 5.48. The lowest BCUT2D eigenvalue weighted by Gasteiger charge is -2.09. The normalized spacial score (nSPS) is 9.84. The lowest BCUT2D eigenvalue weighted by Crippen LogP contribution is -2.46. The van der Waals surface area contributed by atoms with Gasteiger partial charge in [0.25, 0.3) is 5.91 Å². The van der Waals surface area contributed by atoms with Crippen LogP contribution in [0.5, 0.6) is 0 Å². The highest BCUT2D eigenvalue weighted by Crippen LogP contribution is 1.78. The molecule has 0 saturated heterocycles. The molecule has 9 nitrogen and oxygen atoms in total. The van der Waals surface area contributed by atoms with Crippen LogP contribution in [0.2, 0.25) is 0 Å². The second-order valence-electron chi connectivity index (χ2n) is 3.84. The summed E-state index contributed by atoms with van der Waals surface area (Å²) in [6.07, 6.45) is 0. The molecule has 9 heteroatoms. The van der Waals surface area contributed by atoms with E-state index in [0.717, 1.165) is 0 Å². The fraction of sp³-hybridized carbons (Fsp3) is 0.600. The maximum absolute atomic E-state index is 11.2. The summed E-state index contributed by atoms with van der Waals surface area (Å²) in [7, 11) is 0. The van der Waals surface area contributed by atoms with Crippen molar-refractivity contribution in [3.8, 4) is 0 Å². The molecule has 0 atom stereocenters. The van der Waals surface area contributed by atoms with E-state index < -0.39 is 31.1 Å². The summed E-state index contributed by atoms with van der Waals surface area (Å²) in [4.78, 5) is 43.5. The molecular formula is C10H17N3O6. The first kappa shape index (κ1) is 16.8. The topological polar surface area (TPSA) is 134 Å². The van der Waals surface area contributed by atoms with Crippen molar-refractivity contribution >= 4 is 23.8 Å². The van der Waals surface area contributed by atoms with Crippen LogP contribution < -0.4 is 16.0 Å². The van der Waals surface area contributed by atoms with Crippen LogP contribution in [0.1, 0.15) is 13.8 Å². The molecule has 0 aromatic rings. The molecule has 0 fully saturated rings. The van der Waals surface area contributed by atoms with Crippen LogP contribution in [0.3, 0.4) is 0 Å². The van der Waals surface area contributed by atoms with Gasteiger partial charge in [0.15, 0.2) is 0 Å². The van der Waals surface area contributed by atoms with Crippen LogP contribution >= 0.6 is 0 Å². The molecule has 0 aliphatic rings. The number of amides is 4. The average molecular weight is 275 g/mol. The van der Waals surface area contributed by atoms with E-state index in [0.29, 0.717) is 0 Å². The SMILES string of the molecule is CC(C)NC(=O)CNC(=O)NC(=O)COCC(=O)O. The summed E-state index contributed by atoms with van der Waals surface area (Å²) < 4.78 is 4.47. The van der Waals surface area contributed by atoms with Crippen molar-refractivity contribution in [2.24, 2.45) is 0 Å². The van der Waals surface area contributed by atoms with E-state index >= 15 is 0 Å². The number of ether oxygens (including phenoxy) is 1.